The molecule has 0 atom stereocenters. The van der Waals surface area contributed by atoms with Gasteiger partial charge in [-0.15, -0.1) is 0 Å². The maximum absolute atomic E-state index is 13.2. The highest BCUT2D eigenvalue weighted by Gasteiger charge is 2.33. The van der Waals surface area contributed by atoms with Crippen LogP contribution in [0, 0.1) is 0 Å². The number of hydrogen-bond donors (Lipinski definition) is 1. The Hall–Kier alpha value is -3.69. The second kappa shape index (κ2) is 5.91. The smallest absolute Gasteiger partial charge is 0.366 e. The van der Waals surface area contributed by atoms with Crippen LogP contribution < -0.4 is 11.3 Å². The summed E-state index contributed by atoms with van der Waals surface area (Å²) in [5.41, 5.74) is 3.63. The zero-order chi connectivity index (χ0) is 20.2. The third-order valence-electron chi connectivity index (χ3n) is 4.29. The number of amides is 1. The molecule has 0 fully saturated rings. The average Bonchev–Trinajstić information content (AvgIpc) is 3.03. The number of hydrogen-bond acceptors (Lipinski definition) is 4. The Morgan fingerprint density at radius 2 is 1.89 bits per heavy atom. The van der Waals surface area contributed by atoms with Crippen molar-refractivity contribution in [2.24, 2.45) is 12.8 Å². The molecule has 28 heavy (non-hydrogen) atoms. The van der Waals surface area contributed by atoms with Gasteiger partial charge in [-0.05, 0) is 30.3 Å². The largest absolute Gasteiger partial charge is 0.433 e. The van der Waals surface area contributed by atoms with Crippen molar-refractivity contribution in [3.05, 3.63) is 64.2 Å². The molecule has 4 rings (SSSR count). The van der Waals surface area contributed by atoms with E-state index in [-0.39, 0.29) is 22.4 Å². The summed E-state index contributed by atoms with van der Waals surface area (Å²) in [4.78, 5) is 28.2. The van der Waals surface area contributed by atoms with E-state index in [1.54, 1.807) is 7.05 Å². The minimum absolute atomic E-state index is 0.0704. The number of rotatable bonds is 2. The molecule has 0 bridgehead atoms. The molecule has 0 unspecified atom stereocenters. The number of pyridine rings is 2. The van der Waals surface area contributed by atoms with Gasteiger partial charge in [0.15, 0.2) is 5.52 Å². The zero-order valence-electron chi connectivity index (χ0n) is 14.4. The Morgan fingerprint density at radius 1 is 1.14 bits per heavy atom. The van der Waals surface area contributed by atoms with Crippen molar-refractivity contribution in [3.63, 3.8) is 0 Å². The van der Waals surface area contributed by atoms with Gasteiger partial charge in [-0.3, -0.25) is 18.8 Å². The van der Waals surface area contributed by atoms with Crippen molar-refractivity contribution in [2.45, 2.75) is 6.18 Å². The number of carbonyl (C=O) groups excluding carboxylic acids is 1. The lowest BCUT2D eigenvalue weighted by molar-refractivity contribution is -0.141. The van der Waals surface area contributed by atoms with Gasteiger partial charge < -0.3 is 5.73 Å². The maximum atomic E-state index is 13.2. The van der Waals surface area contributed by atoms with Gasteiger partial charge in [0, 0.05) is 29.6 Å². The molecule has 1 aromatic carbocycles. The third kappa shape index (κ3) is 2.70. The molecular formula is C18H12F3N5O2. The van der Waals surface area contributed by atoms with Gasteiger partial charge in [0.25, 0.3) is 5.56 Å². The van der Waals surface area contributed by atoms with Crippen LogP contribution in [0.5, 0.6) is 0 Å². The number of nitrogens with zero attached hydrogens (tertiary/aromatic N) is 4. The van der Waals surface area contributed by atoms with Crippen LogP contribution in [-0.4, -0.2) is 25.2 Å². The molecule has 2 N–H and O–H groups in total. The summed E-state index contributed by atoms with van der Waals surface area (Å²) in [7, 11) is 1.60. The monoisotopic (exact) mass is 387 g/mol. The Labute approximate surface area is 154 Å². The fourth-order valence-corrected chi connectivity index (χ4v) is 3.07. The molecule has 0 saturated heterocycles. The third-order valence-corrected chi connectivity index (χ3v) is 4.29. The second-order valence-corrected chi connectivity index (χ2v) is 6.19. The molecule has 142 valence electrons. The maximum Gasteiger partial charge on any atom is 0.433 e. The van der Waals surface area contributed by atoms with Gasteiger partial charge in [-0.2, -0.15) is 18.3 Å². The highest BCUT2D eigenvalue weighted by molar-refractivity contribution is 6.03. The predicted molar refractivity (Wildman–Crippen MR) is 95.1 cm³/mol. The number of carbonyl (C=O) groups is 1. The fourth-order valence-electron chi connectivity index (χ4n) is 3.07. The Morgan fingerprint density at radius 3 is 2.57 bits per heavy atom. The summed E-state index contributed by atoms with van der Waals surface area (Å²) in [6, 6.07) is 7.81. The van der Waals surface area contributed by atoms with Gasteiger partial charge in [0.2, 0.25) is 5.91 Å². The lowest BCUT2D eigenvalue weighted by atomic mass is 10.1. The van der Waals surface area contributed by atoms with Crippen LogP contribution in [-0.2, 0) is 13.2 Å². The van der Waals surface area contributed by atoms with E-state index in [1.165, 1.54) is 41.2 Å². The Balaban J connectivity index is 2.18. The molecule has 10 heteroatoms. The first-order valence-corrected chi connectivity index (χ1v) is 8.03. The quantitative estimate of drug-likeness (QED) is 0.571. The van der Waals surface area contributed by atoms with Crippen molar-refractivity contribution < 1.29 is 18.0 Å². The first-order valence-electron chi connectivity index (χ1n) is 8.03. The molecule has 0 aliphatic rings. The van der Waals surface area contributed by atoms with Crippen LogP contribution in [0.4, 0.5) is 13.2 Å². The summed E-state index contributed by atoms with van der Waals surface area (Å²) < 4.78 is 42.0. The number of aryl methyl sites for hydroxylation is 1. The first kappa shape index (κ1) is 17.7. The van der Waals surface area contributed by atoms with Crippen LogP contribution in [0.1, 0.15) is 16.1 Å². The first-order chi connectivity index (χ1) is 13.2. The number of alkyl halides is 3. The molecule has 7 nitrogen and oxygen atoms in total. The molecule has 0 aliphatic carbocycles. The summed E-state index contributed by atoms with van der Waals surface area (Å²) in [5.74, 6) is -0.734. The van der Waals surface area contributed by atoms with Gasteiger partial charge >= 0.3 is 6.18 Å². The normalized spacial score (nSPS) is 12.0. The molecule has 0 radical (unpaired) electrons. The number of primary amides is 1. The molecule has 1 amide bonds. The van der Waals surface area contributed by atoms with Crippen molar-refractivity contribution in [1.82, 2.24) is 19.3 Å². The van der Waals surface area contributed by atoms with Gasteiger partial charge in [0.1, 0.15) is 11.3 Å². The van der Waals surface area contributed by atoms with Gasteiger partial charge in [-0.1, -0.05) is 6.07 Å². The minimum atomic E-state index is -4.69. The molecule has 0 saturated carbocycles. The van der Waals surface area contributed by atoms with E-state index < -0.39 is 23.3 Å². The van der Waals surface area contributed by atoms with Gasteiger partial charge in [0.05, 0.1) is 5.69 Å². The SMILES string of the molecule is Cn1cc2c(n1)c(=O)n(-c1cccc(C(N)=O)c1)c1nc(C(F)(F)F)ccc21. The van der Waals surface area contributed by atoms with Crippen LogP contribution in [0.25, 0.3) is 27.6 Å². The van der Waals surface area contributed by atoms with Crippen molar-refractivity contribution >= 4 is 27.8 Å². The van der Waals surface area contributed by atoms with Crippen molar-refractivity contribution in [2.75, 3.05) is 0 Å². The zero-order valence-corrected chi connectivity index (χ0v) is 14.4. The lowest BCUT2D eigenvalue weighted by Gasteiger charge is -2.13. The minimum Gasteiger partial charge on any atom is -0.366 e. The van der Waals surface area contributed by atoms with E-state index in [4.69, 9.17) is 5.73 Å². The number of fused-ring (bicyclic) bond motifs is 3. The van der Waals surface area contributed by atoms with E-state index in [1.807, 2.05) is 0 Å². The molecule has 0 spiro atoms. The molecule has 4 aromatic rings. The van der Waals surface area contributed by atoms with Crippen LogP contribution in [0.2, 0.25) is 0 Å². The number of benzene rings is 1. The van der Waals surface area contributed by atoms with Crippen molar-refractivity contribution in [1.29, 1.82) is 0 Å². The lowest BCUT2D eigenvalue weighted by Crippen LogP contribution is -2.22. The van der Waals surface area contributed by atoms with E-state index in [9.17, 15) is 22.8 Å². The van der Waals surface area contributed by atoms with Crippen LogP contribution in [0.3, 0.4) is 0 Å². The molecular weight excluding hydrogens is 375 g/mol. The average molecular weight is 387 g/mol. The standard InChI is InChI=1S/C18H12F3N5O2/c1-25-8-12-11-5-6-13(18(19,20)21)23-16(11)26(17(28)14(12)24-25)10-4-2-3-9(7-10)15(22)27/h2-8H,1H3,(H2,22,27). The molecule has 0 aliphatic heterocycles. The van der Waals surface area contributed by atoms with E-state index in [2.05, 4.69) is 10.1 Å². The highest BCUT2D eigenvalue weighted by Crippen LogP contribution is 2.31. The fraction of sp³-hybridized carbons (Fsp3) is 0.111. The molecule has 3 heterocycles. The second-order valence-electron chi connectivity index (χ2n) is 6.19. The van der Waals surface area contributed by atoms with Crippen molar-refractivity contribution in [3.8, 4) is 5.69 Å². The number of aromatic nitrogens is 4. The summed E-state index contributed by atoms with van der Waals surface area (Å²) >= 11 is 0. The highest BCUT2D eigenvalue weighted by atomic mass is 19.4. The Bertz CT molecular complexity index is 1320. The van der Waals surface area contributed by atoms with Crippen LogP contribution >= 0.6 is 0 Å². The predicted octanol–water partition coefficient (Wildman–Crippen LogP) is 2.39. The van der Waals surface area contributed by atoms with Gasteiger partial charge in [-0.25, -0.2) is 4.98 Å². The summed E-state index contributed by atoms with van der Waals surface area (Å²) in [5, 5.41) is 4.82. The topological polar surface area (TPSA) is 95.8 Å². The molecule has 3 aromatic heterocycles. The van der Waals surface area contributed by atoms with E-state index in [0.29, 0.717) is 10.8 Å². The number of halogens is 3. The number of nitrogens with two attached hydrogens (primary N) is 1. The Kier molecular flexibility index (Phi) is 3.74. The van der Waals surface area contributed by atoms with E-state index >= 15 is 0 Å². The summed E-state index contributed by atoms with van der Waals surface area (Å²) in [6.07, 6.45) is -3.15. The van der Waals surface area contributed by atoms with Crippen LogP contribution in [0.15, 0.2) is 47.4 Å². The summed E-state index contributed by atoms with van der Waals surface area (Å²) in [6.45, 7) is 0. The van der Waals surface area contributed by atoms with E-state index in [0.717, 1.165) is 10.6 Å².